The van der Waals surface area contributed by atoms with Crippen LogP contribution in [0.4, 0.5) is 10.1 Å². The molecule has 2 aromatic rings. The first kappa shape index (κ1) is 14.0. The predicted octanol–water partition coefficient (Wildman–Crippen LogP) is 5.01. The minimum absolute atomic E-state index is 0.0989. The molecule has 2 aromatic carbocycles. The van der Waals surface area contributed by atoms with Gasteiger partial charge in [-0.15, -0.1) is 0 Å². The van der Waals surface area contributed by atoms with E-state index in [1.807, 2.05) is 6.92 Å². The van der Waals surface area contributed by atoms with Crippen LogP contribution in [0.2, 0.25) is 10.0 Å². The standard InChI is InChI=1S/C14H12Cl2FNO/c1-8(10-6-5-9(17)7-13(10)19)18-12-4-2-3-11(15)14(12)16/h2-8,18-19H,1H3. The lowest BCUT2D eigenvalue weighted by molar-refractivity contribution is 0.459. The second-order valence-corrected chi connectivity index (χ2v) is 4.96. The Hall–Kier alpha value is -1.45. The third-order valence-corrected chi connectivity index (χ3v) is 3.60. The van der Waals surface area contributed by atoms with Crippen molar-refractivity contribution in [2.45, 2.75) is 13.0 Å². The van der Waals surface area contributed by atoms with Crippen LogP contribution in [0.1, 0.15) is 18.5 Å². The third-order valence-electron chi connectivity index (χ3n) is 2.78. The fourth-order valence-electron chi connectivity index (χ4n) is 1.81. The molecule has 0 saturated heterocycles. The molecule has 0 bridgehead atoms. The number of hydrogen-bond donors (Lipinski definition) is 2. The summed E-state index contributed by atoms with van der Waals surface area (Å²) in [4.78, 5) is 0. The fraction of sp³-hybridized carbons (Fsp3) is 0.143. The number of nitrogens with one attached hydrogen (secondary N) is 1. The minimum Gasteiger partial charge on any atom is -0.507 e. The maximum Gasteiger partial charge on any atom is 0.126 e. The molecule has 2 N–H and O–H groups in total. The molecule has 1 atom stereocenters. The van der Waals surface area contributed by atoms with Crippen molar-refractivity contribution in [3.63, 3.8) is 0 Å². The highest BCUT2D eigenvalue weighted by Crippen LogP contribution is 2.33. The van der Waals surface area contributed by atoms with E-state index in [-0.39, 0.29) is 11.8 Å². The zero-order valence-corrected chi connectivity index (χ0v) is 11.6. The molecule has 0 aliphatic rings. The Morgan fingerprint density at radius 3 is 2.63 bits per heavy atom. The van der Waals surface area contributed by atoms with Crippen LogP contribution >= 0.6 is 23.2 Å². The van der Waals surface area contributed by atoms with Gasteiger partial charge in [0.05, 0.1) is 21.8 Å². The van der Waals surface area contributed by atoms with Crippen molar-refractivity contribution in [2.75, 3.05) is 5.32 Å². The van der Waals surface area contributed by atoms with Crippen LogP contribution in [0.15, 0.2) is 36.4 Å². The molecule has 5 heteroatoms. The van der Waals surface area contributed by atoms with Crippen LogP contribution in [-0.4, -0.2) is 5.11 Å². The van der Waals surface area contributed by atoms with Crippen molar-refractivity contribution in [1.82, 2.24) is 0 Å². The summed E-state index contributed by atoms with van der Waals surface area (Å²) in [7, 11) is 0. The van der Waals surface area contributed by atoms with E-state index in [2.05, 4.69) is 5.32 Å². The van der Waals surface area contributed by atoms with E-state index >= 15 is 0 Å². The molecule has 2 rings (SSSR count). The topological polar surface area (TPSA) is 32.3 Å². The summed E-state index contributed by atoms with van der Waals surface area (Å²) < 4.78 is 12.9. The van der Waals surface area contributed by atoms with E-state index in [0.29, 0.717) is 21.3 Å². The van der Waals surface area contributed by atoms with Crippen molar-refractivity contribution >= 4 is 28.9 Å². The Morgan fingerprint density at radius 1 is 1.21 bits per heavy atom. The zero-order valence-electron chi connectivity index (χ0n) is 10.1. The SMILES string of the molecule is CC(Nc1cccc(Cl)c1Cl)c1ccc(F)cc1O. The average Bonchev–Trinajstić information content (AvgIpc) is 2.34. The molecule has 0 aromatic heterocycles. The average molecular weight is 300 g/mol. The van der Waals surface area contributed by atoms with Crippen LogP contribution < -0.4 is 5.32 Å². The molecule has 0 spiro atoms. The lowest BCUT2D eigenvalue weighted by Gasteiger charge is -2.18. The van der Waals surface area contributed by atoms with Crippen LogP contribution in [-0.2, 0) is 0 Å². The smallest absolute Gasteiger partial charge is 0.126 e. The first-order valence-corrected chi connectivity index (χ1v) is 6.43. The summed E-state index contributed by atoms with van der Waals surface area (Å²) in [6.07, 6.45) is 0. The lowest BCUT2D eigenvalue weighted by atomic mass is 10.1. The van der Waals surface area contributed by atoms with Gasteiger partial charge in [0.15, 0.2) is 0 Å². The first-order chi connectivity index (χ1) is 8.99. The molecule has 100 valence electrons. The number of halogens is 3. The first-order valence-electron chi connectivity index (χ1n) is 5.68. The number of phenols is 1. The largest absolute Gasteiger partial charge is 0.507 e. The second-order valence-electron chi connectivity index (χ2n) is 4.17. The third kappa shape index (κ3) is 3.11. The van der Waals surface area contributed by atoms with Gasteiger partial charge in [-0.2, -0.15) is 0 Å². The molecule has 0 amide bonds. The van der Waals surface area contributed by atoms with E-state index < -0.39 is 5.82 Å². The van der Waals surface area contributed by atoms with Gasteiger partial charge in [-0.3, -0.25) is 0 Å². The number of aromatic hydroxyl groups is 1. The van der Waals surface area contributed by atoms with Crippen molar-refractivity contribution in [1.29, 1.82) is 0 Å². The Kier molecular flexibility index (Phi) is 4.17. The summed E-state index contributed by atoms with van der Waals surface area (Å²) in [5, 5.41) is 13.7. The number of rotatable bonds is 3. The molecule has 19 heavy (non-hydrogen) atoms. The Balaban J connectivity index is 2.25. The number of benzene rings is 2. The van der Waals surface area contributed by atoms with Crippen LogP contribution in [0.5, 0.6) is 5.75 Å². The van der Waals surface area contributed by atoms with Gasteiger partial charge in [-0.05, 0) is 25.1 Å². The summed E-state index contributed by atoms with van der Waals surface area (Å²) in [5.74, 6) is -0.576. The molecule has 0 fully saturated rings. The maximum absolute atomic E-state index is 12.9. The second kappa shape index (κ2) is 5.68. The van der Waals surface area contributed by atoms with Gasteiger partial charge in [0.25, 0.3) is 0 Å². The molecule has 2 nitrogen and oxygen atoms in total. The summed E-state index contributed by atoms with van der Waals surface area (Å²) in [6.45, 7) is 1.84. The van der Waals surface area contributed by atoms with Crippen molar-refractivity contribution in [3.05, 3.63) is 57.8 Å². The molecule has 0 radical (unpaired) electrons. The van der Waals surface area contributed by atoms with Gasteiger partial charge < -0.3 is 10.4 Å². The van der Waals surface area contributed by atoms with Gasteiger partial charge in [0.2, 0.25) is 0 Å². The predicted molar refractivity (Wildman–Crippen MR) is 76.6 cm³/mol. The van der Waals surface area contributed by atoms with Crippen LogP contribution in [0, 0.1) is 5.82 Å². The molecule has 0 aliphatic carbocycles. The van der Waals surface area contributed by atoms with E-state index in [0.717, 1.165) is 6.07 Å². The van der Waals surface area contributed by atoms with Crippen LogP contribution in [0.25, 0.3) is 0 Å². The molecular weight excluding hydrogens is 288 g/mol. The van der Waals surface area contributed by atoms with Gasteiger partial charge in [0, 0.05) is 11.6 Å². The van der Waals surface area contributed by atoms with Gasteiger partial charge in [0.1, 0.15) is 11.6 Å². The Bertz CT molecular complexity index is 604. The minimum atomic E-state index is -0.478. The molecular formula is C14H12Cl2FNO. The van der Waals surface area contributed by atoms with E-state index in [1.54, 1.807) is 18.2 Å². The molecule has 0 heterocycles. The van der Waals surface area contributed by atoms with E-state index in [9.17, 15) is 9.50 Å². The van der Waals surface area contributed by atoms with Gasteiger partial charge >= 0.3 is 0 Å². The number of anilines is 1. The fourth-order valence-corrected chi connectivity index (χ4v) is 2.16. The molecule has 0 aliphatic heterocycles. The zero-order chi connectivity index (χ0) is 14.0. The van der Waals surface area contributed by atoms with E-state index in [4.69, 9.17) is 23.2 Å². The summed E-state index contributed by atoms with van der Waals surface area (Å²) in [5.41, 5.74) is 1.24. The normalized spacial score (nSPS) is 12.2. The van der Waals surface area contributed by atoms with Crippen molar-refractivity contribution < 1.29 is 9.50 Å². The van der Waals surface area contributed by atoms with Crippen LogP contribution in [0.3, 0.4) is 0 Å². The summed E-state index contributed by atoms with van der Waals surface area (Å²) >= 11 is 12.0. The summed E-state index contributed by atoms with van der Waals surface area (Å²) in [6, 6.07) is 8.91. The Labute approximate surface area is 120 Å². The maximum atomic E-state index is 12.9. The number of phenolic OH excluding ortho intramolecular Hbond substituents is 1. The van der Waals surface area contributed by atoms with Gasteiger partial charge in [-0.1, -0.05) is 35.3 Å². The lowest BCUT2D eigenvalue weighted by Crippen LogP contribution is -2.07. The van der Waals surface area contributed by atoms with Gasteiger partial charge in [-0.25, -0.2) is 4.39 Å². The van der Waals surface area contributed by atoms with Crippen molar-refractivity contribution in [3.8, 4) is 5.75 Å². The monoisotopic (exact) mass is 299 g/mol. The molecule has 1 unspecified atom stereocenters. The number of hydrogen-bond acceptors (Lipinski definition) is 2. The highest BCUT2D eigenvalue weighted by molar-refractivity contribution is 6.43. The Morgan fingerprint density at radius 2 is 1.95 bits per heavy atom. The molecule has 0 saturated carbocycles. The highest BCUT2D eigenvalue weighted by Gasteiger charge is 2.13. The quantitative estimate of drug-likeness (QED) is 0.835. The highest BCUT2D eigenvalue weighted by atomic mass is 35.5. The van der Waals surface area contributed by atoms with E-state index in [1.165, 1.54) is 12.1 Å². The van der Waals surface area contributed by atoms with Crippen molar-refractivity contribution in [2.24, 2.45) is 0 Å².